The topological polar surface area (TPSA) is 75.5 Å². The van der Waals surface area contributed by atoms with Crippen LogP contribution < -0.4 is 10.2 Å². The molecule has 1 N–H and O–H groups in total. The first-order valence-corrected chi connectivity index (χ1v) is 7.67. The Labute approximate surface area is 142 Å². The van der Waals surface area contributed by atoms with Gasteiger partial charge in [-0.05, 0) is 23.8 Å². The van der Waals surface area contributed by atoms with Crippen molar-refractivity contribution in [3.63, 3.8) is 0 Å². The zero-order valence-corrected chi connectivity index (χ0v) is 14.3. The first-order chi connectivity index (χ1) is 10.9. The van der Waals surface area contributed by atoms with E-state index in [1.165, 1.54) is 19.2 Å². The molecule has 0 aromatic heterocycles. The number of hydrogen-bond acceptors (Lipinski definition) is 4. The lowest BCUT2D eigenvalue weighted by Crippen LogP contribution is -2.24. The number of carbonyl (C=O) groups excluding carboxylic acids is 1. The van der Waals surface area contributed by atoms with Crippen LogP contribution in [-0.4, -0.2) is 24.9 Å². The lowest BCUT2D eigenvalue weighted by Gasteiger charge is -2.22. The summed E-state index contributed by atoms with van der Waals surface area (Å²) in [5.41, 5.74) is 1.88. The number of carbonyl (C=O) groups is 1. The van der Waals surface area contributed by atoms with Gasteiger partial charge in [0.15, 0.2) is 0 Å². The molecule has 0 aliphatic heterocycles. The van der Waals surface area contributed by atoms with Gasteiger partial charge in [-0.2, -0.15) is 0 Å². The standard InChI is InChI=1S/C16H16BrN3O3/c1-18-16(21)14-9-13(20(22)23)7-8-15(14)19(2)10-11-3-5-12(17)6-4-11/h3-9H,10H2,1-2H3,(H,18,21). The van der Waals surface area contributed by atoms with Gasteiger partial charge in [0.1, 0.15) is 0 Å². The molecule has 23 heavy (non-hydrogen) atoms. The molecule has 2 aromatic rings. The second kappa shape index (κ2) is 7.23. The molecule has 7 heteroatoms. The van der Waals surface area contributed by atoms with Crippen LogP contribution in [0.15, 0.2) is 46.9 Å². The first kappa shape index (κ1) is 17.0. The molecule has 0 bridgehead atoms. The van der Waals surface area contributed by atoms with Crippen LogP contribution in [0, 0.1) is 10.1 Å². The lowest BCUT2D eigenvalue weighted by atomic mass is 10.1. The first-order valence-electron chi connectivity index (χ1n) is 6.88. The van der Waals surface area contributed by atoms with E-state index in [-0.39, 0.29) is 17.2 Å². The number of nitro groups is 1. The lowest BCUT2D eigenvalue weighted by molar-refractivity contribution is -0.384. The van der Waals surface area contributed by atoms with Crippen LogP contribution in [0.3, 0.4) is 0 Å². The molecule has 0 saturated carbocycles. The Morgan fingerprint density at radius 2 is 1.91 bits per heavy atom. The van der Waals surface area contributed by atoms with E-state index in [1.54, 1.807) is 6.07 Å². The maximum atomic E-state index is 12.0. The third-order valence-electron chi connectivity index (χ3n) is 3.41. The van der Waals surface area contributed by atoms with Crippen molar-refractivity contribution < 1.29 is 9.72 Å². The summed E-state index contributed by atoms with van der Waals surface area (Å²) in [5, 5.41) is 13.4. The molecule has 6 nitrogen and oxygen atoms in total. The molecule has 120 valence electrons. The van der Waals surface area contributed by atoms with Crippen molar-refractivity contribution in [3.8, 4) is 0 Å². The number of halogens is 1. The minimum absolute atomic E-state index is 0.107. The summed E-state index contributed by atoms with van der Waals surface area (Å²) in [5.74, 6) is -0.355. The van der Waals surface area contributed by atoms with E-state index >= 15 is 0 Å². The Morgan fingerprint density at radius 3 is 2.48 bits per heavy atom. The molecule has 0 atom stereocenters. The molecule has 0 radical (unpaired) electrons. The molecule has 0 spiro atoms. The SMILES string of the molecule is CNC(=O)c1cc([N+](=O)[O-])ccc1N(C)Cc1ccc(Br)cc1. The van der Waals surface area contributed by atoms with Crippen molar-refractivity contribution in [2.75, 3.05) is 19.0 Å². The van der Waals surface area contributed by atoms with Gasteiger partial charge < -0.3 is 10.2 Å². The largest absolute Gasteiger partial charge is 0.370 e. The quantitative estimate of drug-likeness (QED) is 0.640. The monoisotopic (exact) mass is 377 g/mol. The molecule has 0 heterocycles. The molecule has 0 unspecified atom stereocenters. The van der Waals surface area contributed by atoms with Gasteiger partial charge in [0.05, 0.1) is 16.2 Å². The fraction of sp³-hybridized carbons (Fsp3) is 0.188. The molecule has 1 amide bonds. The van der Waals surface area contributed by atoms with E-state index in [0.717, 1.165) is 10.0 Å². The zero-order valence-electron chi connectivity index (χ0n) is 12.7. The van der Waals surface area contributed by atoms with Crippen LogP contribution in [0.4, 0.5) is 11.4 Å². The highest BCUT2D eigenvalue weighted by atomic mass is 79.9. The normalized spacial score (nSPS) is 10.2. The molecule has 2 aromatic carbocycles. The molecular formula is C16H16BrN3O3. The van der Waals surface area contributed by atoms with E-state index in [2.05, 4.69) is 21.2 Å². The smallest absolute Gasteiger partial charge is 0.270 e. The summed E-state index contributed by atoms with van der Waals surface area (Å²) in [6.07, 6.45) is 0. The number of nitrogens with zero attached hydrogens (tertiary/aromatic N) is 2. The van der Waals surface area contributed by atoms with Gasteiger partial charge in [-0.15, -0.1) is 0 Å². The molecule has 0 aliphatic carbocycles. The number of hydrogen-bond donors (Lipinski definition) is 1. The Bertz CT molecular complexity index is 732. The molecule has 0 fully saturated rings. The van der Waals surface area contributed by atoms with Gasteiger partial charge in [-0.3, -0.25) is 14.9 Å². The third-order valence-corrected chi connectivity index (χ3v) is 3.94. The van der Waals surface area contributed by atoms with Crippen molar-refractivity contribution in [2.24, 2.45) is 0 Å². The maximum Gasteiger partial charge on any atom is 0.270 e. The number of rotatable bonds is 5. The summed E-state index contributed by atoms with van der Waals surface area (Å²) in [4.78, 5) is 24.3. The number of nitrogens with one attached hydrogen (secondary N) is 1. The second-order valence-corrected chi connectivity index (χ2v) is 5.94. The van der Waals surface area contributed by atoms with Crippen molar-refractivity contribution in [2.45, 2.75) is 6.54 Å². The molecular weight excluding hydrogens is 362 g/mol. The summed E-state index contributed by atoms with van der Waals surface area (Å²) in [6, 6.07) is 12.1. The van der Waals surface area contributed by atoms with Crippen LogP contribution in [0.1, 0.15) is 15.9 Å². The Kier molecular flexibility index (Phi) is 5.33. The highest BCUT2D eigenvalue weighted by Gasteiger charge is 2.18. The van der Waals surface area contributed by atoms with Gasteiger partial charge in [-0.1, -0.05) is 28.1 Å². The number of non-ortho nitro benzene ring substituents is 1. The second-order valence-electron chi connectivity index (χ2n) is 5.02. The van der Waals surface area contributed by atoms with Crippen molar-refractivity contribution in [3.05, 3.63) is 68.2 Å². The Balaban J connectivity index is 2.34. The fourth-order valence-corrected chi connectivity index (χ4v) is 2.50. The Morgan fingerprint density at radius 1 is 1.26 bits per heavy atom. The van der Waals surface area contributed by atoms with E-state index in [9.17, 15) is 14.9 Å². The van der Waals surface area contributed by atoms with Crippen LogP contribution in [0.2, 0.25) is 0 Å². The van der Waals surface area contributed by atoms with E-state index in [0.29, 0.717) is 12.2 Å². The minimum atomic E-state index is -0.509. The van der Waals surface area contributed by atoms with E-state index < -0.39 is 4.92 Å². The fourth-order valence-electron chi connectivity index (χ4n) is 2.24. The van der Waals surface area contributed by atoms with Gasteiger partial charge in [-0.25, -0.2) is 0 Å². The predicted molar refractivity (Wildman–Crippen MR) is 92.7 cm³/mol. The average Bonchev–Trinajstić information content (AvgIpc) is 2.55. The van der Waals surface area contributed by atoms with E-state index in [4.69, 9.17) is 0 Å². The van der Waals surface area contributed by atoms with Crippen molar-refractivity contribution in [1.29, 1.82) is 0 Å². The third kappa shape index (κ3) is 4.07. The highest BCUT2D eigenvalue weighted by Crippen LogP contribution is 2.26. The van der Waals surface area contributed by atoms with Gasteiger partial charge in [0.2, 0.25) is 0 Å². The number of anilines is 1. The minimum Gasteiger partial charge on any atom is -0.370 e. The van der Waals surface area contributed by atoms with Gasteiger partial charge >= 0.3 is 0 Å². The van der Waals surface area contributed by atoms with Crippen LogP contribution in [-0.2, 0) is 6.54 Å². The summed E-state index contributed by atoms with van der Waals surface area (Å²) in [6.45, 7) is 0.578. The number of nitro benzene ring substituents is 1. The molecule has 2 rings (SSSR count). The summed E-state index contributed by atoms with van der Waals surface area (Å²) in [7, 11) is 3.34. The Hall–Kier alpha value is -2.41. The predicted octanol–water partition coefficient (Wildman–Crippen LogP) is 3.35. The van der Waals surface area contributed by atoms with Crippen molar-refractivity contribution in [1.82, 2.24) is 5.32 Å². The molecule has 0 aliphatic rings. The van der Waals surface area contributed by atoms with Crippen LogP contribution in [0.25, 0.3) is 0 Å². The highest BCUT2D eigenvalue weighted by molar-refractivity contribution is 9.10. The average molecular weight is 378 g/mol. The van der Waals surface area contributed by atoms with Crippen LogP contribution >= 0.6 is 15.9 Å². The maximum absolute atomic E-state index is 12.0. The zero-order chi connectivity index (χ0) is 17.0. The summed E-state index contributed by atoms with van der Waals surface area (Å²) >= 11 is 3.39. The van der Waals surface area contributed by atoms with Gasteiger partial charge in [0, 0.05) is 37.2 Å². The molecule has 0 saturated heterocycles. The van der Waals surface area contributed by atoms with Crippen molar-refractivity contribution >= 4 is 33.2 Å². The van der Waals surface area contributed by atoms with Crippen LogP contribution in [0.5, 0.6) is 0 Å². The number of benzene rings is 2. The van der Waals surface area contributed by atoms with Gasteiger partial charge in [0.25, 0.3) is 11.6 Å². The number of amides is 1. The summed E-state index contributed by atoms with van der Waals surface area (Å²) < 4.78 is 0.991. The van der Waals surface area contributed by atoms with E-state index in [1.807, 2.05) is 36.2 Å².